The van der Waals surface area contributed by atoms with Gasteiger partial charge in [-0.15, -0.1) is 5.10 Å². The number of hydrogen-bond acceptors (Lipinski definition) is 3. The lowest BCUT2D eigenvalue weighted by molar-refractivity contribution is 0.509. The summed E-state index contributed by atoms with van der Waals surface area (Å²) in [4.78, 5) is 4.00. The number of nitrogens with zero attached hydrogens (tertiary/aromatic N) is 3. The molecule has 0 spiro atoms. The van der Waals surface area contributed by atoms with Gasteiger partial charge in [-0.1, -0.05) is 6.07 Å². The van der Waals surface area contributed by atoms with E-state index in [-0.39, 0.29) is 5.95 Å². The molecule has 0 unspecified atom stereocenters. The molecule has 0 saturated heterocycles. The minimum atomic E-state index is -0.881. The van der Waals surface area contributed by atoms with Crippen LogP contribution in [0, 0.1) is 11.6 Å². The molecular weight excluding hydrogens is 238 g/mol. The molecule has 0 fully saturated rings. The van der Waals surface area contributed by atoms with Crippen LogP contribution in [0.5, 0.6) is 0 Å². The summed E-state index contributed by atoms with van der Waals surface area (Å²) in [5.41, 5.74) is 7.31. The summed E-state index contributed by atoms with van der Waals surface area (Å²) in [6, 6.07) is 7.17. The maximum atomic E-state index is 13.2. The van der Waals surface area contributed by atoms with Gasteiger partial charge in [0.15, 0.2) is 17.3 Å². The summed E-state index contributed by atoms with van der Waals surface area (Å²) >= 11 is 0. The predicted octanol–water partition coefficient (Wildman–Crippen LogP) is 2.26. The molecule has 3 aromatic rings. The molecule has 0 aliphatic heterocycles. The third kappa shape index (κ3) is 1.67. The Morgan fingerprint density at radius 3 is 2.56 bits per heavy atom. The van der Waals surface area contributed by atoms with E-state index in [4.69, 9.17) is 5.73 Å². The fourth-order valence-corrected chi connectivity index (χ4v) is 1.75. The van der Waals surface area contributed by atoms with Crippen molar-refractivity contribution < 1.29 is 8.78 Å². The molecule has 2 heterocycles. The van der Waals surface area contributed by atoms with Gasteiger partial charge in [0.25, 0.3) is 0 Å². The molecule has 6 heteroatoms. The lowest BCUT2D eigenvalue weighted by atomic mass is 10.1. The predicted molar refractivity (Wildman–Crippen MR) is 62.8 cm³/mol. The Hall–Kier alpha value is -2.50. The zero-order chi connectivity index (χ0) is 12.7. The molecule has 0 amide bonds. The number of halogens is 2. The highest BCUT2D eigenvalue weighted by atomic mass is 19.2. The van der Waals surface area contributed by atoms with Crippen molar-refractivity contribution in [3.05, 3.63) is 48.2 Å². The van der Waals surface area contributed by atoms with Crippen molar-refractivity contribution in [2.75, 3.05) is 5.73 Å². The lowest BCUT2D eigenvalue weighted by Crippen LogP contribution is -1.90. The normalized spacial score (nSPS) is 11.0. The molecule has 0 aliphatic rings. The van der Waals surface area contributed by atoms with Gasteiger partial charge < -0.3 is 5.73 Å². The average Bonchev–Trinajstić information content (AvgIpc) is 2.71. The van der Waals surface area contributed by atoms with Gasteiger partial charge in [0.05, 0.1) is 0 Å². The average molecular weight is 246 g/mol. The van der Waals surface area contributed by atoms with Crippen LogP contribution < -0.4 is 5.73 Å². The van der Waals surface area contributed by atoms with Gasteiger partial charge in [-0.05, 0) is 35.4 Å². The topological polar surface area (TPSA) is 56.2 Å². The number of pyridine rings is 1. The Bertz CT molecular complexity index is 736. The van der Waals surface area contributed by atoms with E-state index in [0.717, 1.165) is 12.1 Å². The zero-order valence-corrected chi connectivity index (χ0v) is 9.14. The standard InChI is InChI=1S/C12H8F2N4/c13-9-2-1-7(5-10(9)14)8-3-4-18-11(6-8)16-12(15)17-18/h1-6H,(H2,15,17). The highest BCUT2D eigenvalue weighted by Crippen LogP contribution is 2.22. The first-order chi connectivity index (χ1) is 8.63. The van der Waals surface area contributed by atoms with E-state index in [2.05, 4.69) is 10.1 Å². The third-order valence-corrected chi connectivity index (χ3v) is 2.61. The van der Waals surface area contributed by atoms with Crippen molar-refractivity contribution in [2.45, 2.75) is 0 Å². The molecule has 0 aliphatic carbocycles. The van der Waals surface area contributed by atoms with E-state index in [1.165, 1.54) is 10.6 Å². The molecule has 0 saturated carbocycles. The second kappa shape index (κ2) is 3.76. The van der Waals surface area contributed by atoms with Crippen LogP contribution in [0.2, 0.25) is 0 Å². The summed E-state index contributed by atoms with van der Waals surface area (Å²) in [5.74, 6) is -1.59. The Morgan fingerprint density at radius 1 is 1.00 bits per heavy atom. The third-order valence-electron chi connectivity index (χ3n) is 2.61. The van der Waals surface area contributed by atoms with Crippen LogP contribution in [-0.2, 0) is 0 Å². The van der Waals surface area contributed by atoms with Crippen LogP contribution in [0.25, 0.3) is 16.8 Å². The smallest absolute Gasteiger partial charge is 0.240 e. The maximum absolute atomic E-state index is 13.2. The number of hydrogen-bond donors (Lipinski definition) is 1. The van der Waals surface area contributed by atoms with Gasteiger partial charge >= 0.3 is 0 Å². The van der Waals surface area contributed by atoms with Crippen LogP contribution in [0.3, 0.4) is 0 Å². The molecule has 0 bridgehead atoms. The van der Waals surface area contributed by atoms with Crippen LogP contribution in [0.1, 0.15) is 0 Å². The zero-order valence-electron chi connectivity index (χ0n) is 9.14. The van der Waals surface area contributed by atoms with E-state index in [0.29, 0.717) is 16.8 Å². The van der Waals surface area contributed by atoms with Crippen LogP contribution in [0.4, 0.5) is 14.7 Å². The number of aromatic nitrogens is 3. The molecule has 3 rings (SSSR count). The van der Waals surface area contributed by atoms with E-state index >= 15 is 0 Å². The molecule has 0 atom stereocenters. The van der Waals surface area contributed by atoms with Crippen LogP contribution in [0.15, 0.2) is 36.5 Å². The monoisotopic (exact) mass is 246 g/mol. The van der Waals surface area contributed by atoms with Gasteiger partial charge in [0.1, 0.15) is 0 Å². The Morgan fingerprint density at radius 2 is 1.78 bits per heavy atom. The maximum Gasteiger partial charge on any atom is 0.240 e. The van der Waals surface area contributed by atoms with Crippen LogP contribution in [-0.4, -0.2) is 14.6 Å². The number of nitrogens with two attached hydrogens (primary N) is 1. The van der Waals surface area contributed by atoms with Gasteiger partial charge in [-0.2, -0.15) is 4.98 Å². The first-order valence-corrected chi connectivity index (χ1v) is 5.21. The highest BCUT2D eigenvalue weighted by Gasteiger charge is 2.06. The fourth-order valence-electron chi connectivity index (χ4n) is 1.75. The van der Waals surface area contributed by atoms with Crippen molar-refractivity contribution in [1.29, 1.82) is 0 Å². The number of anilines is 1. The first-order valence-electron chi connectivity index (χ1n) is 5.21. The molecule has 2 aromatic heterocycles. The minimum Gasteiger partial charge on any atom is -0.366 e. The van der Waals surface area contributed by atoms with Gasteiger partial charge in [-0.25, -0.2) is 13.3 Å². The van der Waals surface area contributed by atoms with Gasteiger partial charge in [-0.3, -0.25) is 0 Å². The Balaban J connectivity index is 2.15. The SMILES string of the molecule is Nc1nc2cc(-c3ccc(F)c(F)c3)ccn2n1. The Kier molecular flexibility index (Phi) is 2.22. The van der Waals surface area contributed by atoms with Crippen molar-refractivity contribution in [3.63, 3.8) is 0 Å². The summed E-state index contributed by atoms with van der Waals surface area (Å²) < 4.78 is 27.5. The Labute approximate surface area is 101 Å². The minimum absolute atomic E-state index is 0.164. The van der Waals surface area contributed by atoms with E-state index < -0.39 is 11.6 Å². The molecule has 1 aromatic carbocycles. The second-order valence-corrected chi connectivity index (χ2v) is 3.82. The summed E-state index contributed by atoms with van der Waals surface area (Å²) in [5, 5.41) is 3.93. The van der Waals surface area contributed by atoms with Crippen molar-refractivity contribution in [3.8, 4) is 11.1 Å². The molecular formula is C12H8F2N4. The fraction of sp³-hybridized carbons (Fsp3) is 0. The molecule has 0 radical (unpaired) electrons. The largest absolute Gasteiger partial charge is 0.366 e. The number of nitrogen functional groups attached to an aromatic ring is 1. The summed E-state index contributed by atoms with van der Waals surface area (Å²) in [7, 11) is 0. The molecule has 18 heavy (non-hydrogen) atoms. The summed E-state index contributed by atoms with van der Waals surface area (Å²) in [6.45, 7) is 0. The number of benzene rings is 1. The quantitative estimate of drug-likeness (QED) is 0.716. The molecule has 4 nitrogen and oxygen atoms in total. The second-order valence-electron chi connectivity index (χ2n) is 3.82. The van der Waals surface area contributed by atoms with Crippen molar-refractivity contribution in [2.24, 2.45) is 0 Å². The van der Waals surface area contributed by atoms with Crippen LogP contribution >= 0.6 is 0 Å². The molecule has 2 N–H and O–H groups in total. The van der Waals surface area contributed by atoms with Crippen molar-refractivity contribution >= 4 is 11.6 Å². The number of rotatable bonds is 1. The van der Waals surface area contributed by atoms with Crippen molar-refractivity contribution in [1.82, 2.24) is 14.6 Å². The van der Waals surface area contributed by atoms with Gasteiger partial charge in [0, 0.05) is 6.20 Å². The lowest BCUT2D eigenvalue weighted by Gasteiger charge is -2.02. The van der Waals surface area contributed by atoms with Gasteiger partial charge in [0.2, 0.25) is 5.95 Å². The summed E-state index contributed by atoms with van der Waals surface area (Å²) in [6.07, 6.45) is 1.66. The van der Waals surface area contributed by atoms with E-state index in [1.807, 2.05) is 0 Å². The van der Waals surface area contributed by atoms with E-state index in [1.54, 1.807) is 18.3 Å². The highest BCUT2D eigenvalue weighted by molar-refractivity contribution is 5.67. The number of fused-ring (bicyclic) bond motifs is 1. The first kappa shape index (κ1) is 10.6. The van der Waals surface area contributed by atoms with E-state index in [9.17, 15) is 8.78 Å². The molecule has 90 valence electrons.